The van der Waals surface area contributed by atoms with E-state index in [0.29, 0.717) is 12.2 Å². The Kier molecular flexibility index (Phi) is 5.39. The zero-order valence-corrected chi connectivity index (χ0v) is 13.7. The fourth-order valence-corrected chi connectivity index (χ4v) is 2.36. The van der Waals surface area contributed by atoms with Gasteiger partial charge in [0, 0.05) is 10.2 Å². The molecule has 0 aliphatic carbocycles. The van der Waals surface area contributed by atoms with Gasteiger partial charge in [0.1, 0.15) is 5.75 Å². The van der Waals surface area contributed by atoms with Gasteiger partial charge in [-0.25, -0.2) is 0 Å². The first-order chi connectivity index (χ1) is 10.1. The Labute approximate surface area is 133 Å². The van der Waals surface area contributed by atoms with E-state index < -0.39 is 6.10 Å². The Hall–Kier alpha value is -1.81. The second kappa shape index (κ2) is 7.27. The number of hydrogen-bond donors (Lipinski definition) is 1. The van der Waals surface area contributed by atoms with Crippen LogP contribution in [0, 0.1) is 6.92 Å². The predicted octanol–water partition coefficient (Wildman–Crippen LogP) is 4.55. The van der Waals surface area contributed by atoms with Gasteiger partial charge < -0.3 is 10.1 Å². The summed E-state index contributed by atoms with van der Waals surface area (Å²) in [4.78, 5) is 12.3. The molecule has 1 amide bonds. The molecule has 3 nitrogen and oxygen atoms in total. The van der Waals surface area contributed by atoms with Crippen LogP contribution in [0.15, 0.2) is 53.0 Å². The van der Waals surface area contributed by atoms with Crippen LogP contribution in [0.25, 0.3) is 0 Å². The van der Waals surface area contributed by atoms with Crippen molar-refractivity contribution >= 4 is 27.5 Å². The van der Waals surface area contributed by atoms with Crippen molar-refractivity contribution in [3.63, 3.8) is 0 Å². The van der Waals surface area contributed by atoms with Gasteiger partial charge in [0.05, 0.1) is 0 Å². The van der Waals surface area contributed by atoms with Crippen molar-refractivity contribution in [2.45, 2.75) is 26.4 Å². The first kappa shape index (κ1) is 15.6. The van der Waals surface area contributed by atoms with Gasteiger partial charge in [0.2, 0.25) is 0 Å². The van der Waals surface area contributed by atoms with E-state index in [4.69, 9.17) is 4.74 Å². The summed E-state index contributed by atoms with van der Waals surface area (Å²) in [6.45, 7) is 3.93. The summed E-state index contributed by atoms with van der Waals surface area (Å²) in [7, 11) is 0. The quantitative estimate of drug-likeness (QED) is 0.861. The number of amides is 1. The Balaban J connectivity index is 2.05. The molecule has 0 fully saturated rings. The number of hydrogen-bond acceptors (Lipinski definition) is 2. The average molecular weight is 348 g/mol. The summed E-state index contributed by atoms with van der Waals surface area (Å²) in [5.41, 5.74) is 1.86. The molecule has 110 valence electrons. The minimum absolute atomic E-state index is 0.142. The Morgan fingerprint density at radius 3 is 2.67 bits per heavy atom. The van der Waals surface area contributed by atoms with Crippen LogP contribution < -0.4 is 10.1 Å². The van der Waals surface area contributed by atoms with Crippen molar-refractivity contribution in [2.75, 3.05) is 5.32 Å². The zero-order chi connectivity index (χ0) is 15.2. The molecule has 0 aliphatic heterocycles. The number of aryl methyl sites for hydroxylation is 1. The van der Waals surface area contributed by atoms with Crippen LogP contribution >= 0.6 is 15.9 Å². The van der Waals surface area contributed by atoms with Gasteiger partial charge in [0.25, 0.3) is 5.91 Å². The third-order valence-corrected chi connectivity index (χ3v) is 3.52. The molecule has 0 bridgehead atoms. The van der Waals surface area contributed by atoms with Crippen molar-refractivity contribution in [3.8, 4) is 5.75 Å². The molecule has 0 unspecified atom stereocenters. The molecule has 0 radical (unpaired) electrons. The molecule has 0 saturated carbocycles. The molecule has 1 N–H and O–H groups in total. The van der Waals surface area contributed by atoms with Gasteiger partial charge in [-0.05, 0) is 49.2 Å². The number of halogens is 1. The lowest BCUT2D eigenvalue weighted by Crippen LogP contribution is -2.32. The normalized spacial score (nSPS) is 11.8. The lowest BCUT2D eigenvalue weighted by Gasteiger charge is -2.17. The predicted molar refractivity (Wildman–Crippen MR) is 88.7 cm³/mol. The molecule has 0 spiro atoms. The average Bonchev–Trinajstić information content (AvgIpc) is 2.44. The number of carbonyl (C=O) groups is 1. The molecular formula is C17H18BrNO2. The van der Waals surface area contributed by atoms with Crippen LogP contribution in [0.1, 0.15) is 18.9 Å². The lowest BCUT2D eigenvalue weighted by molar-refractivity contribution is -0.122. The molecule has 0 saturated heterocycles. The summed E-state index contributed by atoms with van der Waals surface area (Å²) >= 11 is 3.39. The molecule has 21 heavy (non-hydrogen) atoms. The first-order valence-corrected chi connectivity index (χ1v) is 7.67. The highest BCUT2D eigenvalue weighted by atomic mass is 79.9. The first-order valence-electron chi connectivity index (χ1n) is 6.88. The number of benzene rings is 2. The van der Waals surface area contributed by atoms with Crippen LogP contribution in [0.3, 0.4) is 0 Å². The van der Waals surface area contributed by atoms with Crippen LogP contribution in [0.2, 0.25) is 0 Å². The van der Waals surface area contributed by atoms with Crippen molar-refractivity contribution < 1.29 is 9.53 Å². The van der Waals surface area contributed by atoms with Crippen LogP contribution in [-0.2, 0) is 4.79 Å². The molecule has 1 atom stereocenters. The number of anilines is 1. The molecule has 2 aromatic carbocycles. The Bertz CT molecular complexity index is 628. The van der Waals surface area contributed by atoms with Crippen molar-refractivity contribution in [2.24, 2.45) is 0 Å². The highest BCUT2D eigenvalue weighted by Gasteiger charge is 2.18. The van der Waals surface area contributed by atoms with E-state index in [-0.39, 0.29) is 5.91 Å². The van der Waals surface area contributed by atoms with E-state index in [1.54, 1.807) is 0 Å². The maximum absolute atomic E-state index is 12.3. The summed E-state index contributed by atoms with van der Waals surface area (Å²) < 4.78 is 6.71. The molecule has 0 aromatic heterocycles. The summed E-state index contributed by atoms with van der Waals surface area (Å²) in [6.07, 6.45) is 0.0964. The van der Waals surface area contributed by atoms with E-state index in [0.717, 1.165) is 15.7 Å². The van der Waals surface area contributed by atoms with E-state index in [9.17, 15) is 4.79 Å². The molecule has 2 aromatic rings. The number of ether oxygens (including phenoxy) is 1. The van der Waals surface area contributed by atoms with Crippen molar-refractivity contribution in [3.05, 3.63) is 58.6 Å². The second-order valence-corrected chi connectivity index (χ2v) is 5.75. The summed E-state index contributed by atoms with van der Waals surface area (Å²) in [5, 5.41) is 2.87. The fraction of sp³-hybridized carbons (Fsp3) is 0.235. The minimum Gasteiger partial charge on any atom is -0.481 e. The standard InChI is InChI=1S/C17H18BrNO2/c1-3-16(21-15-9-4-6-12(2)10-15)17(20)19-14-8-5-7-13(18)11-14/h4-11,16H,3H2,1-2H3,(H,19,20)/t16-/m1/s1. The third-order valence-electron chi connectivity index (χ3n) is 3.02. The van der Waals surface area contributed by atoms with Crippen LogP contribution in [0.5, 0.6) is 5.75 Å². The maximum atomic E-state index is 12.3. The SMILES string of the molecule is CC[C@@H](Oc1cccc(C)c1)C(=O)Nc1cccc(Br)c1. The van der Waals surface area contributed by atoms with Crippen LogP contribution in [0.4, 0.5) is 5.69 Å². The molecular weight excluding hydrogens is 330 g/mol. The highest BCUT2D eigenvalue weighted by molar-refractivity contribution is 9.10. The lowest BCUT2D eigenvalue weighted by atomic mass is 10.2. The molecule has 4 heteroatoms. The van der Waals surface area contributed by atoms with Gasteiger partial charge in [0.15, 0.2) is 6.10 Å². The number of carbonyl (C=O) groups excluding carboxylic acids is 1. The van der Waals surface area contributed by atoms with Crippen LogP contribution in [-0.4, -0.2) is 12.0 Å². The zero-order valence-electron chi connectivity index (χ0n) is 12.1. The highest BCUT2D eigenvalue weighted by Crippen LogP contribution is 2.18. The third kappa shape index (κ3) is 4.60. The van der Waals surface area contributed by atoms with Gasteiger partial charge in [-0.3, -0.25) is 4.79 Å². The van der Waals surface area contributed by atoms with E-state index >= 15 is 0 Å². The smallest absolute Gasteiger partial charge is 0.265 e. The topological polar surface area (TPSA) is 38.3 Å². The Morgan fingerprint density at radius 2 is 2.00 bits per heavy atom. The largest absolute Gasteiger partial charge is 0.481 e. The van der Waals surface area contributed by atoms with Crippen molar-refractivity contribution in [1.82, 2.24) is 0 Å². The molecule has 0 heterocycles. The van der Waals surface area contributed by atoms with Gasteiger partial charge in [-0.1, -0.05) is 41.1 Å². The number of rotatable bonds is 5. The summed E-state index contributed by atoms with van der Waals surface area (Å²) in [6, 6.07) is 15.2. The maximum Gasteiger partial charge on any atom is 0.265 e. The van der Waals surface area contributed by atoms with Gasteiger partial charge in [-0.15, -0.1) is 0 Å². The van der Waals surface area contributed by atoms with Gasteiger partial charge in [-0.2, -0.15) is 0 Å². The van der Waals surface area contributed by atoms with Gasteiger partial charge >= 0.3 is 0 Å². The fourth-order valence-electron chi connectivity index (χ4n) is 1.96. The van der Waals surface area contributed by atoms with Crippen molar-refractivity contribution in [1.29, 1.82) is 0 Å². The minimum atomic E-state index is -0.509. The number of nitrogens with one attached hydrogen (secondary N) is 1. The Morgan fingerprint density at radius 1 is 1.24 bits per heavy atom. The van der Waals surface area contributed by atoms with E-state index in [1.165, 1.54) is 0 Å². The molecule has 0 aliphatic rings. The van der Waals surface area contributed by atoms with E-state index in [2.05, 4.69) is 21.2 Å². The van der Waals surface area contributed by atoms with E-state index in [1.807, 2.05) is 62.4 Å². The monoisotopic (exact) mass is 347 g/mol. The second-order valence-electron chi connectivity index (χ2n) is 4.83. The molecule has 2 rings (SSSR count). The summed E-state index contributed by atoms with van der Waals surface area (Å²) in [5.74, 6) is 0.573.